The third kappa shape index (κ3) is 2.63. The molecule has 20 heavy (non-hydrogen) atoms. The predicted octanol–water partition coefficient (Wildman–Crippen LogP) is 2.03. The van der Waals surface area contributed by atoms with Crippen molar-refractivity contribution in [2.24, 2.45) is 0 Å². The van der Waals surface area contributed by atoms with E-state index in [1.807, 2.05) is 12.1 Å². The van der Waals surface area contributed by atoms with Crippen molar-refractivity contribution < 1.29 is 9.47 Å². The Bertz CT molecular complexity index is 464. The van der Waals surface area contributed by atoms with Gasteiger partial charge in [0, 0.05) is 36.8 Å². The van der Waals surface area contributed by atoms with Gasteiger partial charge in [-0.15, -0.1) is 0 Å². The molecule has 0 amide bonds. The second kappa shape index (κ2) is 6.02. The minimum Gasteiger partial charge on any atom is -0.497 e. The number of hydrogen-bond acceptors (Lipinski definition) is 4. The van der Waals surface area contributed by atoms with E-state index in [1.54, 1.807) is 14.2 Å². The van der Waals surface area contributed by atoms with Gasteiger partial charge in [0.2, 0.25) is 0 Å². The lowest BCUT2D eigenvalue weighted by atomic mass is 10.1. The van der Waals surface area contributed by atoms with E-state index in [0.29, 0.717) is 6.04 Å². The molecule has 0 bridgehead atoms. The molecule has 2 aliphatic rings. The standard InChI is InChI=1S/C16H24N2O2/c1-19-13-6-5-12(16(10-13)20-2)11-17-14-7-9-18-8-3-4-15(14)18/h5-6,10,14-15,17H,3-4,7-9,11H2,1-2H3. The zero-order valence-corrected chi connectivity index (χ0v) is 12.4. The first-order valence-electron chi connectivity index (χ1n) is 7.50. The summed E-state index contributed by atoms with van der Waals surface area (Å²) in [6, 6.07) is 7.42. The topological polar surface area (TPSA) is 33.7 Å². The lowest BCUT2D eigenvalue weighted by molar-refractivity contribution is 0.298. The van der Waals surface area contributed by atoms with Gasteiger partial charge in [0.25, 0.3) is 0 Å². The van der Waals surface area contributed by atoms with E-state index in [0.717, 1.165) is 24.1 Å². The molecule has 0 aliphatic carbocycles. The molecule has 2 heterocycles. The Morgan fingerprint density at radius 1 is 1.20 bits per heavy atom. The second-order valence-electron chi connectivity index (χ2n) is 5.70. The molecule has 4 nitrogen and oxygen atoms in total. The van der Waals surface area contributed by atoms with Crippen molar-refractivity contribution in [3.05, 3.63) is 23.8 Å². The van der Waals surface area contributed by atoms with E-state index in [9.17, 15) is 0 Å². The third-order valence-corrected chi connectivity index (χ3v) is 4.65. The number of nitrogens with zero attached hydrogens (tertiary/aromatic N) is 1. The number of fused-ring (bicyclic) bond motifs is 1. The molecule has 0 saturated carbocycles. The van der Waals surface area contributed by atoms with E-state index in [-0.39, 0.29) is 0 Å². The average Bonchev–Trinajstić information content (AvgIpc) is 3.08. The van der Waals surface area contributed by atoms with Gasteiger partial charge in [0.05, 0.1) is 14.2 Å². The zero-order valence-electron chi connectivity index (χ0n) is 12.4. The molecule has 2 fully saturated rings. The third-order valence-electron chi connectivity index (χ3n) is 4.65. The average molecular weight is 276 g/mol. The lowest BCUT2D eigenvalue weighted by Gasteiger charge is -2.22. The Balaban J connectivity index is 1.63. The Morgan fingerprint density at radius 2 is 2.10 bits per heavy atom. The van der Waals surface area contributed by atoms with Crippen molar-refractivity contribution in [1.82, 2.24) is 10.2 Å². The summed E-state index contributed by atoms with van der Waals surface area (Å²) < 4.78 is 10.7. The summed E-state index contributed by atoms with van der Waals surface area (Å²) in [5, 5.41) is 3.72. The highest BCUT2D eigenvalue weighted by atomic mass is 16.5. The summed E-state index contributed by atoms with van der Waals surface area (Å²) >= 11 is 0. The van der Waals surface area contributed by atoms with E-state index >= 15 is 0 Å². The molecule has 4 heteroatoms. The van der Waals surface area contributed by atoms with Gasteiger partial charge in [0.1, 0.15) is 11.5 Å². The van der Waals surface area contributed by atoms with Crippen molar-refractivity contribution in [1.29, 1.82) is 0 Å². The quantitative estimate of drug-likeness (QED) is 0.892. The minimum atomic E-state index is 0.629. The number of nitrogens with one attached hydrogen (secondary N) is 1. The summed E-state index contributed by atoms with van der Waals surface area (Å²) in [4.78, 5) is 2.63. The van der Waals surface area contributed by atoms with E-state index in [1.165, 1.54) is 37.9 Å². The van der Waals surface area contributed by atoms with Crippen LogP contribution < -0.4 is 14.8 Å². The first-order chi connectivity index (χ1) is 9.81. The van der Waals surface area contributed by atoms with Crippen molar-refractivity contribution in [2.75, 3.05) is 27.3 Å². The number of hydrogen-bond donors (Lipinski definition) is 1. The molecular weight excluding hydrogens is 252 g/mol. The van der Waals surface area contributed by atoms with Gasteiger partial charge in [0.15, 0.2) is 0 Å². The Labute approximate surface area is 121 Å². The lowest BCUT2D eigenvalue weighted by Crippen LogP contribution is -2.38. The zero-order chi connectivity index (χ0) is 13.9. The van der Waals surface area contributed by atoms with Crippen LogP contribution in [-0.2, 0) is 6.54 Å². The molecular formula is C16H24N2O2. The van der Waals surface area contributed by atoms with Crippen molar-refractivity contribution >= 4 is 0 Å². The molecule has 1 N–H and O–H groups in total. The van der Waals surface area contributed by atoms with Gasteiger partial charge in [-0.3, -0.25) is 4.90 Å². The fourth-order valence-corrected chi connectivity index (χ4v) is 3.56. The van der Waals surface area contributed by atoms with Crippen LogP contribution in [0.4, 0.5) is 0 Å². The first-order valence-corrected chi connectivity index (χ1v) is 7.50. The van der Waals surface area contributed by atoms with E-state index in [4.69, 9.17) is 9.47 Å². The number of methoxy groups -OCH3 is 2. The van der Waals surface area contributed by atoms with Crippen LogP contribution >= 0.6 is 0 Å². The fourth-order valence-electron chi connectivity index (χ4n) is 3.56. The normalized spacial score (nSPS) is 25.7. The van der Waals surface area contributed by atoms with Crippen LogP contribution in [0, 0.1) is 0 Å². The van der Waals surface area contributed by atoms with Crippen LogP contribution in [0.5, 0.6) is 11.5 Å². The molecule has 0 aromatic heterocycles. The smallest absolute Gasteiger partial charge is 0.127 e. The molecule has 2 saturated heterocycles. The van der Waals surface area contributed by atoms with Crippen LogP contribution in [0.15, 0.2) is 18.2 Å². The number of benzene rings is 1. The van der Waals surface area contributed by atoms with Crippen LogP contribution in [0.3, 0.4) is 0 Å². The Morgan fingerprint density at radius 3 is 2.90 bits per heavy atom. The SMILES string of the molecule is COc1ccc(CNC2CCN3CCCC23)c(OC)c1. The van der Waals surface area contributed by atoms with E-state index < -0.39 is 0 Å². The first kappa shape index (κ1) is 13.7. The number of rotatable bonds is 5. The monoisotopic (exact) mass is 276 g/mol. The number of ether oxygens (including phenoxy) is 2. The van der Waals surface area contributed by atoms with Crippen molar-refractivity contribution in [3.8, 4) is 11.5 Å². The molecule has 110 valence electrons. The molecule has 1 aromatic rings. The van der Waals surface area contributed by atoms with Gasteiger partial charge < -0.3 is 14.8 Å². The van der Waals surface area contributed by atoms with Crippen LogP contribution in [0.25, 0.3) is 0 Å². The minimum absolute atomic E-state index is 0.629. The second-order valence-corrected chi connectivity index (χ2v) is 5.70. The van der Waals surface area contributed by atoms with E-state index in [2.05, 4.69) is 16.3 Å². The summed E-state index contributed by atoms with van der Waals surface area (Å²) in [6.45, 7) is 3.40. The summed E-state index contributed by atoms with van der Waals surface area (Å²) in [5.74, 6) is 1.74. The van der Waals surface area contributed by atoms with Crippen molar-refractivity contribution in [2.45, 2.75) is 37.9 Å². The van der Waals surface area contributed by atoms with Gasteiger partial charge in [-0.2, -0.15) is 0 Å². The summed E-state index contributed by atoms with van der Waals surface area (Å²) in [6.07, 6.45) is 3.97. The fraction of sp³-hybridized carbons (Fsp3) is 0.625. The van der Waals surface area contributed by atoms with Crippen LogP contribution in [-0.4, -0.2) is 44.3 Å². The highest BCUT2D eigenvalue weighted by molar-refractivity contribution is 5.40. The van der Waals surface area contributed by atoms with Crippen LogP contribution in [0.2, 0.25) is 0 Å². The molecule has 0 spiro atoms. The molecule has 2 atom stereocenters. The Kier molecular flexibility index (Phi) is 4.13. The molecule has 2 aliphatic heterocycles. The van der Waals surface area contributed by atoms with Crippen LogP contribution in [0.1, 0.15) is 24.8 Å². The highest BCUT2D eigenvalue weighted by Gasteiger charge is 2.36. The van der Waals surface area contributed by atoms with Gasteiger partial charge in [-0.25, -0.2) is 0 Å². The summed E-state index contributed by atoms with van der Waals surface area (Å²) in [7, 11) is 3.40. The highest BCUT2D eigenvalue weighted by Crippen LogP contribution is 2.29. The maximum absolute atomic E-state index is 5.46. The van der Waals surface area contributed by atoms with Gasteiger partial charge in [-0.05, 0) is 31.9 Å². The predicted molar refractivity (Wildman–Crippen MR) is 79.4 cm³/mol. The maximum atomic E-state index is 5.46. The summed E-state index contributed by atoms with van der Waals surface area (Å²) in [5.41, 5.74) is 1.20. The van der Waals surface area contributed by atoms with Crippen molar-refractivity contribution in [3.63, 3.8) is 0 Å². The molecule has 2 unspecified atom stereocenters. The maximum Gasteiger partial charge on any atom is 0.127 e. The van der Waals surface area contributed by atoms with Gasteiger partial charge in [-0.1, -0.05) is 6.07 Å². The molecule has 1 aromatic carbocycles. The largest absolute Gasteiger partial charge is 0.497 e. The molecule has 3 rings (SSSR count). The van der Waals surface area contributed by atoms with Gasteiger partial charge >= 0.3 is 0 Å². The Hall–Kier alpha value is -1.26. The molecule has 0 radical (unpaired) electrons.